The summed E-state index contributed by atoms with van der Waals surface area (Å²) in [6.07, 6.45) is 3.94. The van der Waals surface area contributed by atoms with Crippen molar-refractivity contribution in [3.05, 3.63) is 41.6 Å². The number of piperidine rings is 1. The van der Waals surface area contributed by atoms with Crippen molar-refractivity contribution in [2.45, 2.75) is 51.7 Å². The van der Waals surface area contributed by atoms with E-state index in [1.54, 1.807) is 16.6 Å². The minimum atomic E-state index is -0.176. The lowest BCUT2D eigenvalue weighted by Crippen LogP contribution is -2.37. The van der Waals surface area contributed by atoms with Crippen molar-refractivity contribution in [2.24, 2.45) is 0 Å². The quantitative estimate of drug-likeness (QED) is 0.588. The van der Waals surface area contributed by atoms with Gasteiger partial charge in [-0.25, -0.2) is 0 Å². The van der Waals surface area contributed by atoms with E-state index in [-0.39, 0.29) is 23.8 Å². The van der Waals surface area contributed by atoms with Gasteiger partial charge < -0.3 is 20.5 Å². The van der Waals surface area contributed by atoms with Gasteiger partial charge in [-0.3, -0.25) is 0 Å². The molecule has 154 valence electrons. The summed E-state index contributed by atoms with van der Waals surface area (Å²) in [5.74, 6) is 1.05. The Morgan fingerprint density at radius 1 is 1.21 bits per heavy atom. The maximum atomic E-state index is 10.2. The van der Waals surface area contributed by atoms with Crippen LogP contribution in [0.25, 0.3) is 5.65 Å². The number of phenols is 1. The van der Waals surface area contributed by atoms with E-state index in [0.29, 0.717) is 12.0 Å². The van der Waals surface area contributed by atoms with Crippen LogP contribution >= 0.6 is 0 Å². The average Bonchev–Trinajstić information content (AvgIpc) is 3.13. The van der Waals surface area contributed by atoms with Gasteiger partial charge in [-0.05, 0) is 38.3 Å². The molecule has 0 radical (unpaired) electrons. The summed E-state index contributed by atoms with van der Waals surface area (Å²) in [5.41, 5.74) is 2.56. The van der Waals surface area contributed by atoms with Crippen LogP contribution in [0, 0.1) is 0 Å². The number of aromatic hydroxyl groups is 1. The highest BCUT2D eigenvalue weighted by atomic mass is 16.5. The molecular formula is C21H28N6O2. The summed E-state index contributed by atoms with van der Waals surface area (Å²) in [6, 6.07) is 7.45. The number of nitrogens with one attached hydrogen (secondary N) is 2. The van der Waals surface area contributed by atoms with Gasteiger partial charge in [0, 0.05) is 17.7 Å². The molecule has 1 aromatic carbocycles. The van der Waals surface area contributed by atoms with Crippen LogP contribution in [0.15, 0.2) is 30.5 Å². The molecule has 0 saturated carbocycles. The Balaban J connectivity index is 1.70. The summed E-state index contributed by atoms with van der Waals surface area (Å²) < 4.78 is 7.81. The molecule has 4 rings (SSSR count). The highest BCUT2D eigenvalue weighted by molar-refractivity contribution is 5.53. The predicted octanol–water partition coefficient (Wildman–Crippen LogP) is 3.26. The Hall–Kier alpha value is -2.87. The Kier molecular flexibility index (Phi) is 5.53. The molecule has 2 atom stereocenters. The summed E-state index contributed by atoms with van der Waals surface area (Å²) in [4.78, 5) is 9.27. The first-order valence-corrected chi connectivity index (χ1v) is 10.2. The molecule has 8 heteroatoms. The van der Waals surface area contributed by atoms with Gasteiger partial charge in [0.15, 0.2) is 5.65 Å². The Morgan fingerprint density at radius 2 is 2.03 bits per heavy atom. The monoisotopic (exact) mass is 396 g/mol. The number of hydrogen-bond donors (Lipinski definition) is 3. The van der Waals surface area contributed by atoms with Crippen LogP contribution in [0.3, 0.4) is 0 Å². The van der Waals surface area contributed by atoms with E-state index in [1.165, 1.54) is 0 Å². The SMILES string of the molecule is CC(C)c1cnn2c(N[C@@H](C)c3ccccc3O)nc(OC3CCCNC3)nc12. The highest BCUT2D eigenvalue weighted by Crippen LogP contribution is 2.28. The van der Waals surface area contributed by atoms with Crippen molar-refractivity contribution in [3.63, 3.8) is 0 Å². The number of rotatable bonds is 6. The fourth-order valence-electron chi connectivity index (χ4n) is 3.62. The van der Waals surface area contributed by atoms with Gasteiger partial charge in [-0.1, -0.05) is 32.0 Å². The van der Waals surface area contributed by atoms with Crippen molar-refractivity contribution < 1.29 is 9.84 Å². The summed E-state index contributed by atoms with van der Waals surface area (Å²) in [6.45, 7) is 8.01. The number of phenolic OH excluding ortho intramolecular Hbond substituents is 1. The van der Waals surface area contributed by atoms with Gasteiger partial charge in [0.1, 0.15) is 11.9 Å². The zero-order chi connectivity index (χ0) is 20.4. The molecule has 1 saturated heterocycles. The molecule has 0 aliphatic carbocycles. The second kappa shape index (κ2) is 8.24. The zero-order valence-corrected chi connectivity index (χ0v) is 17.1. The summed E-state index contributed by atoms with van der Waals surface area (Å²) in [5, 5.41) is 21.4. The van der Waals surface area contributed by atoms with Crippen molar-refractivity contribution in [3.8, 4) is 11.8 Å². The molecule has 2 aromatic heterocycles. The van der Waals surface area contributed by atoms with Crippen LogP contribution in [0.5, 0.6) is 11.8 Å². The minimum absolute atomic E-state index is 0.0556. The van der Waals surface area contributed by atoms with Crippen LogP contribution < -0.4 is 15.4 Å². The first-order chi connectivity index (χ1) is 14.0. The van der Waals surface area contributed by atoms with Gasteiger partial charge in [-0.15, -0.1) is 0 Å². The Bertz CT molecular complexity index is 980. The molecule has 1 aliphatic rings. The van der Waals surface area contributed by atoms with Crippen LogP contribution in [0.4, 0.5) is 5.95 Å². The van der Waals surface area contributed by atoms with Crippen LogP contribution in [-0.4, -0.2) is 43.9 Å². The normalized spacial score (nSPS) is 18.1. The smallest absolute Gasteiger partial charge is 0.322 e. The van der Waals surface area contributed by atoms with E-state index in [4.69, 9.17) is 4.74 Å². The lowest BCUT2D eigenvalue weighted by molar-refractivity contribution is 0.153. The lowest BCUT2D eigenvalue weighted by atomic mass is 10.1. The molecule has 1 aliphatic heterocycles. The van der Waals surface area contributed by atoms with E-state index in [0.717, 1.165) is 42.7 Å². The van der Waals surface area contributed by atoms with Crippen molar-refractivity contribution in [1.82, 2.24) is 24.9 Å². The van der Waals surface area contributed by atoms with E-state index in [2.05, 4.69) is 39.5 Å². The number of anilines is 1. The van der Waals surface area contributed by atoms with Gasteiger partial charge in [0.25, 0.3) is 0 Å². The van der Waals surface area contributed by atoms with Gasteiger partial charge in [0.2, 0.25) is 5.95 Å². The first kappa shape index (κ1) is 19.4. The topological polar surface area (TPSA) is 96.6 Å². The third-order valence-corrected chi connectivity index (χ3v) is 5.27. The number of ether oxygens (including phenoxy) is 1. The van der Waals surface area contributed by atoms with E-state index >= 15 is 0 Å². The van der Waals surface area contributed by atoms with Gasteiger partial charge >= 0.3 is 6.01 Å². The number of hydrogen-bond acceptors (Lipinski definition) is 7. The van der Waals surface area contributed by atoms with Crippen molar-refractivity contribution >= 4 is 11.6 Å². The van der Waals surface area contributed by atoms with Crippen LogP contribution in [-0.2, 0) is 0 Å². The maximum absolute atomic E-state index is 10.2. The summed E-state index contributed by atoms with van der Waals surface area (Å²) >= 11 is 0. The molecule has 0 bridgehead atoms. The molecule has 3 heterocycles. The average molecular weight is 396 g/mol. The summed E-state index contributed by atoms with van der Waals surface area (Å²) in [7, 11) is 0. The molecule has 0 spiro atoms. The second-order valence-electron chi connectivity index (χ2n) is 7.83. The number of nitrogens with zero attached hydrogens (tertiary/aromatic N) is 4. The second-order valence-corrected chi connectivity index (χ2v) is 7.83. The maximum Gasteiger partial charge on any atom is 0.322 e. The number of aromatic nitrogens is 4. The van der Waals surface area contributed by atoms with Gasteiger partial charge in [0.05, 0.1) is 12.2 Å². The molecule has 3 N–H and O–H groups in total. The van der Waals surface area contributed by atoms with Crippen molar-refractivity contribution in [1.29, 1.82) is 0 Å². The molecule has 29 heavy (non-hydrogen) atoms. The fourth-order valence-corrected chi connectivity index (χ4v) is 3.62. The highest BCUT2D eigenvalue weighted by Gasteiger charge is 2.21. The van der Waals surface area contributed by atoms with Gasteiger partial charge in [-0.2, -0.15) is 19.6 Å². The standard InChI is InChI=1S/C21H28N6O2/c1-13(2)17-12-23-27-19(17)25-21(29-15-7-6-10-22-11-15)26-20(27)24-14(3)16-8-4-5-9-18(16)28/h4-5,8-9,12-15,22,28H,6-7,10-11H2,1-3H3,(H,24,25,26)/t14-,15?/m0/s1. The third kappa shape index (κ3) is 4.12. The zero-order valence-electron chi connectivity index (χ0n) is 17.1. The molecule has 1 unspecified atom stereocenters. The molecule has 8 nitrogen and oxygen atoms in total. The molecule has 3 aromatic rings. The predicted molar refractivity (Wildman–Crippen MR) is 112 cm³/mol. The Morgan fingerprint density at radius 3 is 2.76 bits per heavy atom. The van der Waals surface area contributed by atoms with E-state index in [1.807, 2.05) is 25.3 Å². The van der Waals surface area contributed by atoms with E-state index < -0.39 is 0 Å². The van der Waals surface area contributed by atoms with Crippen LogP contribution in [0.1, 0.15) is 56.7 Å². The number of para-hydroxylation sites is 1. The van der Waals surface area contributed by atoms with E-state index in [9.17, 15) is 5.11 Å². The third-order valence-electron chi connectivity index (χ3n) is 5.27. The Labute approximate surface area is 170 Å². The number of benzene rings is 1. The van der Waals surface area contributed by atoms with Crippen LogP contribution in [0.2, 0.25) is 0 Å². The minimum Gasteiger partial charge on any atom is -0.508 e. The molecular weight excluding hydrogens is 368 g/mol. The van der Waals surface area contributed by atoms with Crippen molar-refractivity contribution in [2.75, 3.05) is 18.4 Å². The fraction of sp³-hybridized carbons (Fsp3) is 0.476. The lowest BCUT2D eigenvalue weighted by Gasteiger charge is -2.23. The molecule has 0 amide bonds. The largest absolute Gasteiger partial charge is 0.508 e. The molecule has 1 fully saturated rings. The first-order valence-electron chi connectivity index (χ1n) is 10.2. The number of fused-ring (bicyclic) bond motifs is 1.